The van der Waals surface area contributed by atoms with Gasteiger partial charge in [0.15, 0.2) is 9.84 Å². The summed E-state index contributed by atoms with van der Waals surface area (Å²) in [4.78, 5) is 0. The van der Waals surface area contributed by atoms with Crippen molar-refractivity contribution in [1.82, 2.24) is 5.32 Å². The van der Waals surface area contributed by atoms with Crippen LogP contribution in [-0.2, 0) is 9.84 Å². The standard InChI is InChI=1S/C8H19NO2S/c1-4-6-12(10,11)8(5-2)7-9-3/h8-9H,4-7H2,1-3H3. The van der Waals surface area contributed by atoms with Gasteiger partial charge in [0, 0.05) is 6.54 Å². The quantitative estimate of drug-likeness (QED) is 0.679. The summed E-state index contributed by atoms with van der Waals surface area (Å²) in [6.07, 6.45) is 1.41. The van der Waals surface area contributed by atoms with Crippen molar-refractivity contribution in [2.45, 2.75) is 31.9 Å². The van der Waals surface area contributed by atoms with Crippen LogP contribution < -0.4 is 5.32 Å². The summed E-state index contributed by atoms with van der Waals surface area (Å²) in [6.45, 7) is 4.37. The topological polar surface area (TPSA) is 46.2 Å². The van der Waals surface area contributed by atoms with Gasteiger partial charge in [-0.25, -0.2) is 8.42 Å². The van der Waals surface area contributed by atoms with Crippen molar-refractivity contribution in [2.75, 3.05) is 19.3 Å². The lowest BCUT2D eigenvalue weighted by molar-refractivity contribution is 0.566. The fourth-order valence-electron chi connectivity index (χ4n) is 1.20. The molecule has 0 fully saturated rings. The lowest BCUT2D eigenvalue weighted by Gasteiger charge is -2.14. The molecule has 0 saturated carbocycles. The maximum atomic E-state index is 11.5. The maximum absolute atomic E-state index is 11.5. The molecule has 0 radical (unpaired) electrons. The minimum Gasteiger partial charge on any atom is -0.318 e. The highest BCUT2D eigenvalue weighted by Gasteiger charge is 2.21. The molecule has 0 aromatic carbocycles. The zero-order valence-electron chi connectivity index (χ0n) is 8.13. The van der Waals surface area contributed by atoms with Crippen LogP contribution >= 0.6 is 0 Å². The molecule has 0 aliphatic carbocycles. The summed E-state index contributed by atoms with van der Waals surface area (Å²) >= 11 is 0. The first-order valence-electron chi connectivity index (χ1n) is 4.44. The first-order valence-corrected chi connectivity index (χ1v) is 6.16. The van der Waals surface area contributed by atoms with Gasteiger partial charge in [0.25, 0.3) is 0 Å². The molecule has 4 heteroatoms. The van der Waals surface area contributed by atoms with E-state index >= 15 is 0 Å². The van der Waals surface area contributed by atoms with Crippen molar-refractivity contribution < 1.29 is 8.42 Å². The average Bonchev–Trinajstić information content (AvgIpc) is 1.99. The predicted octanol–water partition coefficient (Wildman–Crippen LogP) is 0.809. The molecular formula is C8H19NO2S. The molecule has 0 rings (SSSR count). The van der Waals surface area contributed by atoms with Gasteiger partial charge in [0.2, 0.25) is 0 Å². The van der Waals surface area contributed by atoms with Gasteiger partial charge >= 0.3 is 0 Å². The first kappa shape index (κ1) is 11.9. The summed E-state index contributed by atoms with van der Waals surface area (Å²) < 4.78 is 23.0. The molecule has 0 aromatic rings. The number of sulfone groups is 1. The Morgan fingerprint density at radius 2 is 1.92 bits per heavy atom. The van der Waals surface area contributed by atoms with Crippen LogP contribution in [0.15, 0.2) is 0 Å². The van der Waals surface area contributed by atoms with E-state index in [2.05, 4.69) is 5.32 Å². The molecule has 0 amide bonds. The normalized spacial score (nSPS) is 14.6. The van der Waals surface area contributed by atoms with E-state index in [1.807, 2.05) is 13.8 Å². The molecule has 0 aliphatic heterocycles. The van der Waals surface area contributed by atoms with Crippen molar-refractivity contribution in [3.8, 4) is 0 Å². The molecule has 3 nitrogen and oxygen atoms in total. The van der Waals surface area contributed by atoms with Gasteiger partial charge in [-0.3, -0.25) is 0 Å². The fraction of sp³-hybridized carbons (Fsp3) is 1.00. The van der Waals surface area contributed by atoms with Gasteiger partial charge in [0.05, 0.1) is 11.0 Å². The van der Waals surface area contributed by atoms with Crippen LogP contribution in [0.2, 0.25) is 0 Å². The Morgan fingerprint density at radius 1 is 1.33 bits per heavy atom. The van der Waals surface area contributed by atoms with Crippen LogP contribution in [0, 0.1) is 0 Å². The van der Waals surface area contributed by atoms with Crippen LogP contribution in [0.4, 0.5) is 0 Å². The zero-order chi connectivity index (χ0) is 9.61. The number of rotatable bonds is 6. The second-order valence-corrected chi connectivity index (χ2v) is 5.36. The smallest absolute Gasteiger partial charge is 0.154 e. The highest BCUT2D eigenvalue weighted by Crippen LogP contribution is 2.07. The second-order valence-electron chi connectivity index (χ2n) is 2.95. The van der Waals surface area contributed by atoms with Gasteiger partial charge in [0.1, 0.15) is 0 Å². The van der Waals surface area contributed by atoms with Crippen LogP contribution in [0.3, 0.4) is 0 Å². The van der Waals surface area contributed by atoms with Gasteiger partial charge in [-0.2, -0.15) is 0 Å². The third-order valence-corrected chi connectivity index (χ3v) is 4.38. The van der Waals surface area contributed by atoms with Crippen molar-refractivity contribution in [3.63, 3.8) is 0 Å². The van der Waals surface area contributed by atoms with Gasteiger partial charge < -0.3 is 5.32 Å². The molecule has 0 spiro atoms. The summed E-state index contributed by atoms with van der Waals surface area (Å²) in [5.74, 6) is 0.313. The monoisotopic (exact) mass is 193 g/mol. The van der Waals surface area contributed by atoms with E-state index < -0.39 is 9.84 Å². The predicted molar refractivity (Wildman–Crippen MR) is 52.1 cm³/mol. The number of nitrogens with one attached hydrogen (secondary N) is 1. The van der Waals surface area contributed by atoms with Crippen LogP contribution in [0.25, 0.3) is 0 Å². The Bertz CT molecular complexity index is 199. The summed E-state index contributed by atoms with van der Waals surface area (Å²) in [6, 6.07) is 0. The highest BCUT2D eigenvalue weighted by atomic mass is 32.2. The number of hydrogen-bond donors (Lipinski definition) is 1. The zero-order valence-corrected chi connectivity index (χ0v) is 8.95. The maximum Gasteiger partial charge on any atom is 0.154 e. The van der Waals surface area contributed by atoms with Crippen molar-refractivity contribution in [3.05, 3.63) is 0 Å². The lowest BCUT2D eigenvalue weighted by atomic mass is 10.3. The molecule has 0 bridgehead atoms. The molecular weight excluding hydrogens is 174 g/mol. The molecule has 1 unspecified atom stereocenters. The van der Waals surface area contributed by atoms with Gasteiger partial charge in [-0.1, -0.05) is 13.8 Å². The largest absolute Gasteiger partial charge is 0.318 e. The Hall–Kier alpha value is -0.0900. The van der Waals surface area contributed by atoms with Crippen LogP contribution in [0.5, 0.6) is 0 Å². The Labute approximate surface area is 75.5 Å². The second kappa shape index (κ2) is 5.54. The van der Waals surface area contributed by atoms with E-state index in [4.69, 9.17) is 0 Å². The molecule has 12 heavy (non-hydrogen) atoms. The van der Waals surface area contributed by atoms with E-state index in [9.17, 15) is 8.42 Å². The van der Waals surface area contributed by atoms with E-state index in [1.54, 1.807) is 7.05 Å². The third kappa shape index (κ3) is 3.54. The van der Waals surface area contributed by atoms with Gasteiger partial charge in [-0.15, -0.1) is 0 Å². The summed E-state index contributed by atoms with van der Waals surface area (Å²) in [5.41, 5.74) is 0. The van der Waals surface area contributed by atoms with E-state index in [0.29, 0.717) is 25.1 Å². The molecule has 1 atom stereocenters. The fourth-order valence-corrected chi connectivity index (χ4v) is 3.03. The van der Waals surface area contributed by atoms with E-state index in [0.717, 1.165) is 0 Å². The van der Waals surface area contributed by atoms with Crippen LogP contribution in [-0.4, -0.2) is 33.0 Å². The average molecular weight is 193 g/mol. The first-order chi connectivity index (χ1) is 5.58. The van der Waals surface area contributed by atoms with Gasteiger partial charge in [-0.05, 0) is 19.9 Å². The SMILES string of the molecule is CCCS(=O)(=O)C(CC)CNC. The van der Waals surface area contributed by atoms with Crippen molar-refractivity contribution in [1.29, 1.82) is 0 Å². The Kier molecular flexibility index (Phi) is 5.50. The van der Waals surface area contributed by atoms with E-state index in [-0.39, 0.29) is 5.25 Å². The lowest BCUT2D eigenvalue weighted by Crippen LogP contribution is -2.32. The minimum absolute atomic E-state index is 0.206. The van der Waals surface area contributed by atoms with E-state index in [1.165, 1.54) is 0 Å². The molecule has 0 aliphatic rings. The third-order valence-electron chi connectivity index (χ3n) is 1.88. The molecule has 74 valence electrons. The Balaban J connectivity index is 4.27. The summed E-state index contributed by atoms with van der Waals surface area (Å²) in [5, 5.41) is 2.70. The van der Waals surface area contributed by atoms with Crippen LogP contribution in [0.1, 0.15) is 26.7 Å². The summed E-state index contributed by atoms with van der Waals surface area (Å²) in [7, 11) is -1.07. The molecule has 1 N–H and O–H groups in total. The molecule has 0 saturated heterocycles. The molecule has 0 aromatic heterocycles. The highest BCUT2D eigenvalue weighted by molar-refractivity contribution is 7.92. The van der Waals surface area contributed by atoms with Crippen molar-refractivity contribution in [2.24, 2.45) is 0 Å². The Morgan fingerprint density at radius 3 is 2.25 bits per heavy atom. The van der Waals surface area contributed by atoms with Crippen molar-refractivity contribution >= 4 is 9.84 Å². The minimum atomic E-state index is -2.85. The number of hydrogen-bond acceptors (Lipinski definition) is 3. The molecule has 0 heterocycles.